The summed E-state index contributed by atoms with van der Waals surface area (Å²) < 4.78 is 49.1. The van der Waals surface area contributed by atoms with Crippen LogP contribution in [-0.2, 0) is 19.9 Å². The fourth-order valence-corrected chi connectivity index (χ4v) is 4.67. The average Bonchev–Trinajstić information content (AvgIpc) is 2.24. The highest BCUT2D eigenvalue weighted by Gasteiger charge is 2.23. The maximum atomic E-state index is 12.2. The number of hydrogen-bond acceptors (Lipinski definition) is 5. The summed E-state index contributed by atoms with van der Waals surface area (Å²) >= 11 is 10.7. The molecule has 0 aliphatic heterocycles. The summed E-state index contributed by atoms with van der Waals surface area (Å²) in [5.74, 6) is -0.321. The fourth-order valence-electron chi connectivity index (χ4n) is 1.68. The lowest BCUT2D eigenvalue weighted by molar-refractivity contribution is 0.564. The van der Waals surface area contributed by atoms with Crippen LogP contribution in [0.15, 0.2) is 23.1 Å². The third-order valence-corrected chi connectivity index (χ3v) is 5.83. The Bertz CT molecular complexity index is 760. The summed E-state index contributed by atoms with van der Waals surface area (Å²) in [6, 6.07) is 3.32. The van der Waals surface area contributed by atoms with Crippen LogP contribution in [0.4, 0.5) is 0 Å². The van der Waals surface area contributed by atoms with Gasteiger partial charge >= 0.3 is 0 Å². The minimum absolute atomic E-state index is 0.00550. The standard InChI is InChI=1S/C11H15ClN2O4S3/c1-7(6-20(2,15)16)14-21(17,18)10-5-8(11(13)19)3-4-9(10)12/h3-5,7,14H,6H2,1-2H3,(H2,13,19). The maximum Gasteiger partial charge on any atom is 0.242 e. The van der Waals surface area contributed by atoms with Gasteiger partial charge in [0.25, 0.3) is 0 Å². The Morgan fingerprint density at radius 1 is 1.38 bits per heavy atom. The highest BCUT2D eigenvalue weighted by molar-refractivity contribution is 7.91. The molecule has 0 bridgehead atoms. The van der Waals surface area contributed by atoms with Gasteiger partial charge in [0.15, 0.2) is 0 Å². The van der Waals surface area contributed by atoms with Crippen molar-refractivity contribution in [2.75, 3.05) is 12.0 Å². The van der Waals surface area contributed by atoms with E-state index in [9.17, 15) is 16.8 Å². The molecule has 0 aliphatic carbocycles. The number of thiocarbonyl (C=S) groups is 1. The Balaban J connectivity index is 3.14. The lowest BCUT2D eigenvalue weighted by Crippen LogP contribution is -2.37. The second-order valence-electron chi connectivity index (χ2n) is 4.62. The molecule has 0 amide bonds. The van der Waals surface area contributed by atoms with Gasteiger partial charge in [-0.05, 0) is 19.1 Å². The maximum absolute atomic E-state index is 12.2. The first kappa shape index (κ1) is 18.3. The van der Waals surface area contributed by atoms with Crippen LogP contribution in [0.3, 0.4) is 0 Å². The molecule has 118 valence electrons. The van der Waals surface area contributed by atoms with Crippen LogP contribution >= 0.6 is 23.8 Å². The zero-order chi connectivity index (χ0) is 16.4. The van der Waals surface area contributed by atoms with Gasteiger partial charge in [-0.3, -0.25) is 0 Å². The second kappa shape index (κ2) is 6.57. The van der Waals surface area contributed by atoms with Crippen molar-refractivity contribution in [2.24, 2.45) is 5.73 Å². The molecule has 0 saturated carbocycles. The summed E-state index contributed by atoms with van der Waals surface area (Å²) in [5, 5.41) is -0.00550. The number of sulfonamides is 1. The molecular formula is C11H15ClN2O4S3. The first-order chi connectivity index (χ1) is 9.42. The normalized spacial score (nSPS) is 13.9. The molecule has 6 nitrogen and oxygen atoms in total. The highest BCUT2D eigenvalue weighted by atomic mass is 35.5. The zero-order valence-corrected chi connectivity index (χ0v) is 14.5. The quantitative estimate of drug-likeness (QED) is 0.713. The van der Waals surface area contributed by atoms with E-state index in [0.717, 1.165) is 6.26 Å². The number of halogens is 1. The van der Waals surface area contributed by atoms with Gasteiger partial charge in [0, 0.05) is 17.9 Å². The molecule has 0 radical (unpaired) electrons. The van der Waals surface area contributed by atoms with Crippen LogP contribution in [0, 0.1) is 0 Å². The molecule has 0 aromatic heterocycles. The summed E-state index contributed by atoms with van der Waals surface area (Å²) in [5.41, 5.74) is 5.81. The first-order valence-electron chi connectivity index (χ1n) is 5.72. The SMILES string of the molecule is CC(CS(C)(=O)=O)NS(=O)(=O)c1cc(C(N)=S)ccc1Cl. The van der Waals surface area contributed by atoms with Gasteiger partial charge < -0.3 is 5.73 Å². The van der Waals surface area contributed by atoms with Crippen molar-refractivity contribution >= 4 is 48.7 Å². The van der Waals surface area contributed by atoms with Gasteiger partial charge in [-0.1, -0.05) is 29.9 Å². The Morgan fingerprint density at radius 2 is 1.95 bits per heavy atom. The smallest absolute Gasteiger partial charge is 0.242 e. The van der Waals surface area contributed by atoms with E-state index in [4.69, 9.17) is 29.6 Å². The van der Waals surface area contributed by atoms with Crippen LogP contribution in [0.5, 0.6) is 0 Å². The summed E-state index contributed by atoms with van der Waals surface area (Å²) in [4.78, 5) is -0.165. The molecule has 0 heterocycles. The van der Waals surface area contributed by atoms with Crippen LogP contribution in [0.2, 0.25) is 5.02 Å². The number of rotatable bonds is 6. The molecule has 0 saturated heterocycles. The minimum Gasteiger partial charge on any atom is -0.389 e. The van der Waals surface area contributed by atoms with Crippen molar-refractivity contribution < 1.29 is 16.8 Å². The number of hydrogen-bond donors (Lipinski definition) is 2. The van der Waals surface area contributed by atoms with E-state index in [1.54, 1.807) is 0 Å². The van der Waals surface area contributed by atoms with Crippen LogP contribution < -0.4 is 10.5 Å². The van der Waals surface area contributed by atoms with Gasteiger partial charge in [0.05, 0.1) is 10.8 Å². The van der Waals surface area contributed by atoms with E-state index in [2.05, 4.69) is 4.72 Å². The molecule has 10 heteroatoms. The summed E-state index contributed by atoms with van der Waals surface area (Å²) in [7, 11) is -7.29. The predicted octanol–water partition coefficient (Wildman–Crippen LogP) is 0.686. The highest BCUT2D eigenvalue weighted by Crippen LogP contribution is 2.23. The predicted molar refractivity (Wildman–Crippen MR) is 86.8 cm³/mol. The lowest BCUT2D eigenvalue weighted by atomic mass is 10.2. The third-order valence-electron chi connectivity index (χ3n) is 2.41. The van der Waals surface area contributed by atoms with Crippen LogP contribution in [0.25, 0.3) is 0 Å². The first-order valence-corrected chi connectivity index (χ1v) is 10.0. The molecule has 1 aromatic carbocycles. The number of nitrogens with two attached hydrogens (primary N) is 1. The van der Waals surface area contributed by atoms with E-state index in [0.29, 0.717) is 5.56 Å². The van der Waals surface area contributed by atoms with Gasteiger partial charge in [0.2, 0.25) is 10.0 Å². The fraction of sp³-hybridized carbons (Fsp3) is 0.364. The van der Waals surface area contributed by atoms with E-state index in [1.807, 2.05) is 0 Å². The third kappa shape index (κ3) is 5.51. The average molecular weight is 371 g/mol. The molecule has 0 spiro atoms. The lowest BCUT2D eigenvalue weighted by Gasteiger charge is -2.14. The van der Waals surface area contributed by atoms with Crippen molar-refractivity contribution in [3.63, 3.8) is 0 Å². The van der Waals surface area contributed by atoms with E-state index in [-0.39, 0.29) is 20.7 Å². The van der Waals surface area contributed by atoms with Crippen molar-refractivity contribution in [3.8, 4) is 0 Å². The molecule has 1 atom stereocenters. The van der Waals surface area contributed by atoms with E-state index in [1.165, 1.54) is 25.1 Å². The molecule has 1 unspecified atom stereocenters. The zero-order valence-electron chi connectivity index (χ0n) is 11.3. The molecule has 0 aliphatic rings. The van der Waals surface area contributed by atoms with Crippen LogP contribution in [0.1, 0.15) is 12.5 Å². The van der Waals surface area contributed by atoms with Gasteiger partial charge in [-0.15, -0.1) is 0 Å². The van der Waals surface area contributed by atoms with E-state index >= 15 is 0 Å². The molecule has 1 aromatic rings. The largest absolute Gasteiger partial charge is 0.389 e. The molecule has 21 heavy (non-hydrogen) atoms. The minimum atomic E-state index is -3.98. The van der Waals surface area contributed by atoms with Crippen LogP contribution in [-0.4, -0.2) is 39.9 Å². The monoisotopic (exact) mass is 370 g/mol. The summed E-state index contributed by atoms with van der Waals surface area (Å²) in [6.45, 7) is 1.45. The Kier molecular flexibility index (Phi) is 5.73. The molecular weight excluding hydrogens is 356 g/mol. The molecule has 3 N–H and O–H groups in total. The summed E-state index contributed by atoms with van der Waals surface area (Å²) in [6.07, 6.45) is 1.03. The Labute approximate surface area is 134 Å². The Hall–Kier alpha value is -0.740. The van der Waals surface area contributed by atoms with Gasteiger partial charge in [-0.25, -0.2) is 21.6 Å². The van der Waals surface area contributed by atoms with Gasteiger partial charge in [-0.2, -0.15) is 0 Å². The van der Waals surface area contributed by atoms with Crippen molar-refractivity contribution in [1.82, 2.24) is 4.72 Å². The van der Waals surface area contributed by atoms with E-state index < -0.39 is 25.9 Å². The molecule has 0 fully saturated rings. The number of nitrogens with one attached hydrogen (secondary N) is 1. The molecule has 1 rings (SSSR count). The van der Waals surface area contributed by atoms with Crippen molar-refractivity contribution in [2.45, 2.75) is 17.9 Å². The van der Waals surface area contributed by atoms with Gasteiger partial charge in [0.1, 0.15) is 19.7 Å². The second-order valence-corrected chi connectivity index (χ2v) is 9.34. The van der Waals surface area contributed by atoms with Crippen molar-refractivity contribution in [1.29, 1.82) is 0 Å². The topological polar surface area (TPSA) is 106 Å². The van der Waals surface area contributed by atoms with Crippen molar-refractivity contribution in [3.05, 3.63) is 28.8 Å². The number of benzene rings is 1. The number of sulfone groups is 1. The Morgan fingerprint density at radius 3 is 2.43 bits per heavy atom.